The van der Waals surface area contributed by atoms with Gasteiger partial charge in [-0.05, 0) is 26.8 Å². The average Bonchev–Trinajstić information content (AvgIpc) is 2.00. The summed E-state index contributed by atoms with van der Waals surface area (Å²) >= 11 is 0. The van der Waals surface area contributed by atoms with Crippen molar-refractivity contribution in [3.8, 4) is 5.75 Å². The minimum atomic E-state index is -0.294. The zero-order valence-corrected chi connectivity index (χ0v) is 8.37. The largest absolute Gasteiger partial charge is 0.492 e. The van der Waals surface area contributed by atoms with Crippen molar-refractivity contribution in [1.29, 1.82) is 0 Å². The van der Waals surface area contributed by atoms with Crippen LogP contribution in [-0.4, -0.2) is 17.1 Å². The fraction of sp³-hybridized carbons (Fsp3) is 0.500. The Morgan fingerprint density at radius 3 is 2.77 bits per heavy atom. The molecule has 3 nitrogen and oxygen atoms in total. The Morgan fingerprint density at radius 1 is 1.54 bits per heavy atom. The maximum absolute atomic E-state index is 5.78. The Morgan fingerprint density at radius 2 is 2.23 bits per heavy atom. The molecule has 0 aliphatic rings. The van der Waals surface area contributed by atoms with Crippen LogP contribution in [0.25, 0.3) is 0 Å². The topological polar surface area (TPSA) is 48.1 Å². The molecule has 0 aromatic carbocycles. The monoisotopic (exact) mass is 180 g/mol. The summed E-state index contributed by atoms with van der Waals surface area (Å²) in [4.78, 5) is 4.07. The molecule has 1 heterocycles. The van der Waals surface area contributed by atoms with Crippen LogP contribution in [0.15, 0.2) is 18.3 Å². The van der Waals surface area contributed by atoms with Crippen molar-refractivity contribution in [1.82, 2.24) is 4.98 Å². The highest BCUT2D eigenvalue weighted by Crippen LogP contribution is 2.11. The first-order valence-electron chi connectivity index (χ1n) is 4.32. The number of nitrogens with two attached hydrogens (primary N) is 1. The molecular weight excluding hydrogens is 164 g/mol. The third-order valence-electron chi connectivity index (χ3n) is 1.48. The highest BCUT2D eigenvalue weighted by atomic mass is 16.5. The summed E-state index contributed by atoms with van der Waals surface area (Å²) in [6.45, 7) is 6.30. The van der Waals surface area contributed by atoms with Crippen LogP contribution in [0.4, 0.5) is 0 Å². The Balaban J connectivity index is 2.55. The number of pyridine rings is 1. The van der Waals surface area contributed by atoms with E-state index < -0.39 is 0 Å². The predicted molar refractivity (Wildman–Crippen MR) is 52.7 cm³/mol. The van der Waals surface area contributed by atoms with Crippen molar-refractivity contribution < 1.29 is 4.74 Å². The van der Waals surface area contributed by atoms with E-state index in [1.165, 1.54) is 0 Å². The standard InChI is InChI=1S/C10H16N2O/c1-8-6-9(4-5-12-8)13-7-10(2,3)11/h4-6H,7,11H2,1-3H3. The van der Waals surface area contributed by atoms with Crippen molar-refractivity contribution in [3.63, 3.8) is 0 Å². The molecule has 1 rings (SSSR count). The summed E-state index contributed by atoms with van der Waals surface area (Å²) in [5, 5.41) is 0. The van der Waals surface area contributed by atoms with E-state index in [-0.39, 0.29) is 5.54 Å². The third-order valence-corrected chi connectivity index (χ3v) is 1.48. The van der Waals surface area contributed by atoms with Crippen LogP contribution in [-0.2, 0) is 0 Å². The molecule has 0 aliphatic heterocycles. The SMILES string of the molecule is Cc1cc(OCC(C)(C)N)ccn1. The summed E-state index contributed by atoms with van der Waals surface area (Å²) in [6, 6.07) is 3.73. The zero-order valence-electron chi connectivity index (χ0n) is 8.37. The van der Waals surface area contributed by atoms with Gasteiger partial charge in [0.1, 0.15) is 12.4 Å². The zero-order chi connectivity index (χ0) is 9.90. The maximum Gasteiger partial charge on any atom is 0.122 e. The van der Waals surface area contributed by atoms with Crippen LogP contribution >= 0.6 is 0 Å². The molecule has 2 N–H and O–H groups in total. The van der Waals surface area contributed by atoms with Gasteiger partial charge >= 0.3 is 0 Å². The van der Waals surface area contributed by atoms with Crippen molar-refractivity contribution in [2.75, 3.05) is 6.61 Å². The Hall–Kier alpha value is -1.09. The fourth-order valence-electron chi connectivity index (χ4n) is 0.879. The van der Waals surface area contributed by atoms with Gasteiger partial charge in [0, 0.05) is 23.5 Å². The van der Waals surface area contributed by atoms with Crippen LogP contribution in [0.2, 0.25) is 0 Å². The summed E-state index contributed by atoms with van der Waals surface area (Å²) in [6.07, 6.45) is 1.73. The van der Waals surface area contributed by atoms with Gasteiger partial charge in [-0.2, -0.15) is 0 Å². The summed E-state index contributed by atoms with van der Waals surface area (Å²) < 4.78 is 5.49. The van der Waals surface area contributed by atoms with E-state index >= 15 is 0 Å². The van der Waals surface area contributed by atoms with Crippen molar-refractivity contribution in [3.05, 3.63) is 24.0 Å². The lowest BCUT2D eigenvalue weighted by Crippen LogP contribution is -2.38. The lowest BCUT2D eigenvalue weighted by atomic mass is 10.1. The Kier molecular flexibility index (Phi) is 2.88. The summed E-state index contributed by atoms with van der Waals surface area (Å²) in [5.74, 6) is 0.825. The molecule has 0 spiro atoms. The number of nitrogens with zero attached hydrogens (tertiary/aromatic N) is 1. The molecule has 0 fully saturated rings. The lowest BCUT2D eigenvalue weighted by Gasteiger charge is -2.18. The van der Waals surface area contributed by atoms with Crippen LogP contribution < -0.4 is 10.5 Å². The molecule has 0 atom stereocenters. The number of hydrogen-bond donors (Lipinski definition) is 1. The van der Waals surface area contributed by atoms with Gasteiger partial charge < -0.3 is 10.5 Å². The first kappa shape index (κ1) is 9.99. The highest BCUT2D eigenvalue weighted by molar-refractivity contribution is 5.21. The van der Waals surface area contributed by atoms with Gasteiger partial charge in [0.2, 0.25) is 0 Å². The van der Waals surface area contributed by atoms with E-state index in [9.17, 15) is 0 Å². The van der Waals surface area contributed by atoms with Crippen LogP contribution in [0.3, 0.4) is 0 Å². The molecule has 0 aliphatic carbocycles. The van der Waals surface area contributed by atoms with E-state index in [1.807, 2.05) is 32.9 Å². The van der Waals surface area contributed by atoms with Crippen LogP contribution in [0, 0.1) is 6.92 Å². The molecular formula is C10H16N2O. The van der Waals surface area contributed by atoms with Crippen molar-refractivity contribution in [2.45, 2.75) is 26.3 Å². The van der Waals surface area contributed by atoms with Crippen molar-refractivity contribution >= 4 is 0 Å². The van der Waals surface area contributed by atoms with Gasteiger partial charge in [-0.1, -0.05) is 0 Å². The van der Waals surface area contributed by atoms with Gasteiger partial charge in [-0.15, -0.1) is 0 Å². The van der Waals surface area contributed by atoms with E-state index in [4.69, 9.17) is 10.5 Å². The maximum atomic E-state index is 5.78. The van der Waals surface area contributed by atoms with Gasteiger partial charge in [0.05, 0.1) is 0 Å². The molecule has 13 heavy (non-hydrogen) atoms. The second-order valence-electron chi connectivity index (χ2n) is 3.91. The van der Waals surface area contributed by atoms with Crippen LogP contribution in [0.5, 0.6) is 5.75 Å². The second-order valence-corrected chi connectivity index (χ2v) is 3.91. The molecule has 0 radical (unpaired) electrons. The second kappa shape index (κ2) is 3.75. The predicted octanol–water partition coefficient (Wildman–Crippen LogP) is 1.51. The van der Waals surface area contributed by atoms with E-state index in [0.29, 0.717) is 6.61 Å². The Bertz CT molecular complexity index is 278. The quantitative estimate of drug-likeness (QED) is 0.767. The van der Waals surface area contributed by atoms with E-state index in [0.717, 1.165) is 11.4 Å². The van der Waals surface area contributed by atoms with Crippen LogP contribution in [0.1, 0.15) is 19.5 Å². The molecule has 0 amide bonds. The minimum Gasteiger partial charge on any atom is -0.492 e. The number of aryl methyl sites for hydroxylation is 1. The molecule has 0 saturated heterocycles. The summed E-state index contributed by atoms with van der Waals surface area (Å²) in [5.41, 5.74) is 6.44. The molecule has 0 saturated carbocycles. The van der Waals surface area contributed by atoms with Gasteiger partial charge in [-0.3, -0.25) is 4.98 Å². The normalized spacial score (nSPS) is 11.4. The first-order chi connectivity index (χ1) is 5.97. The number of aromatic nitrogens is 1. The van der Waals surface area contributed by atoms with Gasteiger partial charge in [0.25, 0.3) is 0 Å². The number of ether oxygens (including phenoxy) is 1. The van der Waals surface area contributed by atoms with Crippen molar-refractivity contribution in [2.24, 2.45) is 5.73 Å². The lowest BCUT2D eigenvalue weighted by molar-refractivity contribution is 0.243. The molecule has 0 bridgehead atoms. The minimum absolute atomic E-state index is 0.294. The van der Waals surface area contributed by atoms with Gasteiger partial charge in [-0.25, -0.2) is 0 Å². The third kappa shape index (κ3) is 3.90. The van der Waals surface area contributed by atoms with E-state index in [1.54, 1.807) is 6.20 Å². The Labute approximate surface area is 78.9 Å². The molecule has 1 aromatic rings. The fourth-order valence-corrected chi connectivity index (χ4v) is 0.879. The van der Waals surface area contributed by atoms with Gasteiger partial charge in [0.15, 0.2) is 0 Å². The molecule has 1 aromatic heterocycles. The number of hydrogen-bond acceptors (Lipinski definition) is 3. The number of rotatable bonds is 3. The molecule has 3 heteroatoms. The first-order valence-corrected chi connectivity index (χ1v) is 4.32. The average molecular weight is 180 g/mol. The van der Waals surface area contributed by atoms with E-state index in [2.05, 4.69) is 4.98 Å². The molecule has 72 valence electrons. The highest BCUT2D eigenvalue weighted by Gasteiger charge is 2.11. The smallest absolute Gasteiger partial charge is 0.122 e. The summed E-state index contributed by atoms with van der Waals surface area (Å²) in [7, 11) is 0. The molecule has 0 unspecified atom stereocenters.